The molecule has 1 fully saturated rings. The highest BCUT2D eigenvalue weighted by molar-refractivity contribution is 5.94. The first-order valence-electron chi connectivity index (χ1n) is 6.04. The van der Waals surface area contributed by atoms with Crippen LogP contribution >= 0.6 is 0 Å². The summed E-state index contributed by atoms with van der Waals surface area (Å²) in [4.78, 5) is 18.2. The lowest BCUT2D eigenvalue weighted by Gasteiger charge is -2.35. The fourth-order valence-electron chi connectivity index (χ4n) is 2.35. The Labute approximate surface area is 96.5 Å². The van der Waals surface area contributed by atoms with E-state index in [4.69, 9.17) is 0 Å². The first-order valence-corrected chi connectivity index (χ1v) is 6.04. The first-order chi connectivity index (χ1) is 7.83. The largest absolute Gasteiger partial charge is 0.336 e. The van der Waals surface area contributed by atoms with E-state index in [-0.39, 0.29) is 5.91 Å². The molecule has 1 aliphatic heterocycles. The zero-order chi connectivity index (χ0) is 11.4. The van der Waals surface area contributed by atoms with Crippen LogP contribution in [0.25, 0.3) is 0 Å². The van der Waals surface area contributed by atoms with Crippen molar-refractivity contribution in [2.45, 2.75) is 38.6 Å². The molecule has 1 aromatic rings. The molecule has 1 atom stereocenters. The van der Waals surface area contributed by atoms with Gasteiger partial charge in [0.2, 0.25) is 0 Å². The number of hydrogen-bond acceptors (Lipinski definition) is 2. The minimum absolute atomic E-state index is 0.161. The maximum absolute atomic E-state index is 12.3. The van der Waals surface area contributed by atoms with Crippen LogP contribution in [-0.2, 0) is 0 Å². The van der Waals surface area contributed by atoms with Gasteiger partial charge in [-0.25, -0.2) is 0 Å². The molecule has 16 heavy (non-hydrogen) atoms. The van der Waals surface area contributed by atoms with Crippen LogP contribution in [0, 0.1) is 0 Å². The summed E-state index contributed by atoms with van der Waals surface area (Å²) in [5, 5.41) is 0. The summed E-state index contributed by atoms with van der Waals surface area (Å²) >= 11 is 0. The third-order valence-corrected chi connectivity index (χ3v) is 3.29. The third kappa shape index (κ3) is 2.23. The fourth-order valence-corrected chi connectivity index (χ4v) is 2.35. The van der Waals surface area contributed by atoms with Gasteiger partial charge in [-0.05, 0) is 37.8 Å². The van der Waals surface area contributed by atoms with Gasteiger partial charge >= 0.3 is 0 Å². The van der Waals surface area contributed by atoms with Crippen molar-refractivity contribution < 1.29 is 4.79 Å². The number of aromatic nitrogens is 1. The van der Waals surface area contributed by atoms with Gasteiger partial charge in [0.05, 0.1) is 0 Å². The van der Waals surface area contributed by atoms with Gasteiger partial charge in [-0.1, -0.05) is 6.92 Å². The van der Waals surface area contributed by atoms with Crippen LogP contribution < -0.4 is 0 Å². The molecular weight excluding hydrogens is 200 g/mol. The van der Waals surface area contributed by atoms with E-state index in [9.17, 15) is 4.79 Å². The van der Waals surface area contributed by atoms with Crippen molar-refractivity contribution in [3.05, 3.63) is 30.1 Å². The highest BCUT2D eigenvalue weighted by Gasteiger charge is 2.25. The Morgan fingerprint density at radius 2 is 2.19 bits per heavy atom. The molecule has 3 nitrogen and oxygen atoms in total. The molecule has 1 aromatic heterocycles. The van der Waals surface area contributed by atoms with Gasteiger partial charge < -0.3 is 4.90 Å². The van der Waals surface area contributed by atoms with Crippen molar-refractivity contribution >= 4 is 5.91 Å². The van der Waals surface area contributed by atoms with Gasteiger partial charge in [0, 0.05) is 30.5 Å². The predicted molar refractivity (Wildman–Crippen MR) is 63.2 cm³/mol. The van der Waals surface area contributed by atoms with Gasteiger partial charge in [0.25, 0.3) is 5.91 Å². The average Bonchev–Trinajstić information content (AvgIpc) is 2.39. The monoisotopic (exact) mass is 218 g/mol. The Kier molecular flexibility index (Phi) is 3.54. The fraction of sp³-hybridized carbons (Fsp3) is 0.538. The molecule has 1 saturated heterocycles. The Morgan fingerprint density at radius 3 is 2.88 bits per heavy atom. The summed E-state index contributed by atoms with van der Waals surface area (Å²) in [6, 6.07) is 4.02. The van der Waals surface area contributed by atoms with Gasteiger partial charge in [0.1, 0.15) is 0 Å². The van der Waals surface area contributed by atoms with Crippen LogP contribution in [0.5, 0.6) is 0 Å². The minimum Gasteiger partial charge on any atom is -0.336 e. The highest BCUT2D eigenvalue weighted by Crippen LogP contribution is 2.21. The molecule has 0 N–H and O–H groups in total. The molecule has 0 radical (unpaired) electrons. The molecule has 1 amide bonds. The van der Waals surface area contributed by atoms with E-state index in [0.29, 0.717) is 6.04 Å². The highest BCUT2D eigenvalue weighted by atomic mass is 16.2. The molecule has 0 unspecified atom stereocenters. The minimum atomic E-state index is 0.161. The number of carbonyl (C=O) groups excluding carboxylic acids is 1. The van der Waals surface area contributed by atoms with E-state index in [1.807, 2.05) is 4.90 Å². The molecule has 0 aromatic carbocycles. The van der Waals surface area contributed by atoms with E-state index >= 15 is 0 Å². The maximum atomic E-state index is 12.3. The van der Waals surface area contributed by atoms with Crippen molar-refractivity contribution in [1.82, 2.24) is 9.88 Å². The molecule has 1 aliphatic rings. The maximum Gasteiger partial charge on any atom is 0.254 e. The van der Waals surface area contributed by atoms with Crippen molar-refractivity contribution in [1.29, 1.82) is 0 Å². The average molecular weight is 218 g/mol. The van der Waals surface area contributed by atoms with Crippen molar-refractivity contribution in [3.8, 4) is 0 Å². The van der Waals surface area contributed by atoms with Crippen LogP contribution in [0.15, 0.2) is 24.5 Å². The second kappa shape index (κ2) is 5.10. The van der Waals surface area contributed by atoms with Gasteiger partial charge in [-0.3, -0.25) is 9.78 Å². The lowest BCUT2D eigenvalue weighted by Crippen LogP contribution is -2.43. The van der Waals surface area contributed by atoms with Gasteiger partial charge in [-0.2, -0.15) is 0 Å². The van der Waals surface area contributed by atoms with E-state index in [0.717, 1.165) is 31.4 Å². The molecule has 86 valence electrons. The van der Waals surface area contributed by atoms with E-state index < -0.39 is 0 Å². The summed E-state index contributed by atoms with van der Waals surface area (Å²) in [6.07, 6.45) is 7.94. The number of nitrogens with zero attached hydrogens (tertiary/aromatic N) is 2. The van der Waals surface area contributed by atoms with Crippen molar-refractivity contribution in [2.75, 3.05) is 6.54 Å². The molecule has 2 heterocycles. The number of carbonyl (C=O) groups is 1. The van der Waals surface area contributed by atoms with E-state index in [2.05, 4.69) is 11.9 Å². The van der Waals surface area contributed by atoms with E-state index in [1.54, 1.807) is 24.5 Å². The zero-order valence-electron chi connectivity index (χ0n) is 9.72. The number of pyridine rings is 1. The quantitative estimate of drug-likeness (QED) is 0.764. The number of piperidine rings is 1. The Balaban J connectivity index is 2.14. The Morgan fingerprint density at radius 1 is 1.44 bits per heavy atom. The van der Waals surface area contributed by atoms with Gasteiger partial charge in [0.15, 0.2) is 0 Å². The summed E-state index contributed by atoms with van der Waals surface area (Å²) in [5.74, 6) is 0.161. The molecule has 0 saturated carbocycles. The van der Waals surface area contributed by atoms with Crippen LogP contribution in [0.4, 0.5) is 0 Å². The smallest absolute Gasteiger partial charge is 0.254 e. The van der Waals surface area contributed by atoms with Crippen molar-refractivity contribution in [2.24, 2.45) is 0 Å². The topological polar surface area (TPSA) is 33.2 Å². The zero-order valence-corrected chi connectivity index (χ0v) is 9.72. The summed E-state index contributed by atoms with van der Waals surface area (Å²) in [6.45, 7) is 3.06. The number of amides is 1. The second-order valence-electron chi connectivity index (χ2n) is 4.29. The van der Waals surface area contributed by atoms with Crippen molar-refractivity contribution in [3.63, 3.8) is 0 Å². The summed E-state index contributed by atoms with van der Waals surface area (Å²) in [7, 11) is 0. The first kappa shape index (κ1) is 11.1. The molecule has 3 heteroatoms. The van der Waals surface area contributed by atoms with Crippen LogP contribution in [0.3, 0.4) is 0 Å². The van der Waals surface area contributed by atoms with Crippen LogP contribution in [-0.4, -0.2) is 28.4 Å². The Hall–Kier alpha value is -1.38. The molecular formula is C13H18N2O. The number of rotatable bonds is 2. The van der Waals surface area contributed by atoms with E-state index in [1.165, 1.54) is 6.42 Å². The van der Waals surface area contributed by atoms with Gasteiger partial charge in [-0.15, -0.1) is 0 Å². The van der Waals surface area contributed by atoms with Crippen LogP contribution in [0.2, 0.25) is 0 Å². The summed E-state index contributed by atoms with van der Waals surface area (Å²) in [5.41, 5.74) is 0.760. The third-order valence-electron chi connectivity index (χ3n) is 3.29. The molecule has 0 bridgehead atoms. The molecule has 2 rings (SSSR count). The molecule has 0 aliphatic carbocycles. The predicted octanol–water partition coefficient (Wildman–Crippen LogP) is 2.49. The lowest BCUT2D eigenvalue weighted by molar-refractivity contribution is 0.0608. The number of likely N-dealkylation sites (tertiary alicyclic amines) is 1. The second-order valence-corrected chi connectivity index (χ2v) is 4.29. The normalized spacial score (nSPS) is 20.8. The summed E-state index contributed by atoms with van der Waals surface area (Å²) < 4.78 is 0. The van der Waals surface area contributed by atoms with Crippen LogP contribution in [0.1, 0.15) is 43.0 Å². The molecule has 0 spiro atoms. The number of hydrogen-bond donors (Lipinski definition) is 0. The lowest BCUT2D eigenvalue weighted by atomic mass is 9.99. The Bertz CT molecular complexity index is 350. The standard InChI is InChI=1S/C13H18N2O/c1-2-12-5-3-4-10-15(12)13(16)11-6-8-14-9-7-11/h6-9,12H,2-5,10H2,1H3/t12-/m1/s1. The SMILES string of the molecule is CC[C@@H]1CCCCN1C(=O)c1ccncc1.